The Bertz CT molecular complexity index is 686. The number of aryl methyl sites for hydroxylation is 1. The number of aromatic nitrogens is 2. The van der Waals surface area contributed by atoms with Crippen molar-refractivity contribution in [3.8, 4) is 17.1 Å². The summed E-state index contributed by atoms with van der Waals surface area (Å²) in [7, 11) is 0. The van der Waals surface area contributed by atoms with Crippen LogP contribution in [0.25, 0.3) is 11.4 Å². The van der Waals surface area contributed by atoms with Crippen molar-refractivity contribution in [2.45, 2.75) is 91.4 Å². The Morgan fingerprint density at radius 2 is 1.69 bits per heavy atom. The van der Waals surface area contributed by atoms with Crippen molar-refractivity contribution in [3.05, 3.63) is 42.2 Å². The van der Waals surface area contributed by atoms with Gasteiger partial charge in [0.25, 0.3) is 0 Å². The Kier molecular flexibility index (Phi) is 11.4. The highest BCUT2D eigenvalue weighted by molar-refractivity contribution is 5.63. The summed E-state index contributed by atoms with van der Waals surface area (Å²) in [4.78, 5) is 9.34. The van der Waals surface area contributed by atoms with Crippen LogP contribution in [0.5, 0.6) is 5.75 Å². The average Bonchev–Trinajstić information content (AvgIpc) is 2.76. The summed E-state index contributed by atoms with van der Waals surface area (Å²) in [6.45, 7) is 7.62. The van der Waals surface area contributed by atoms with Crippen LogP contribution in [-0.2, 0) is 6.42 Å². The number of para-hydroxylation sites is 1. The van der Waals surface area contributed by atoms with E-state index in [4.69, 9.17) is 9.72 Å². The predicted molar refractivity (Wildman–Crippen MR) is 123 cm³/mol. The molecule has 3 nitrogen and oxygen atoms in total. The van der Waals surface area contributed by atoms with Gasteiger partial charge in [-0.05, 0) is 43.4 Å². The zero-order valence-electron chi connectivity index (χ0n) is 18.8. The van der Waals surface area contributed by atoms with Gasteiger partial charge in [0.15, 0.2) is 5.82 Å². The number of hydrogen-bond donors (Lipinski definition) is 0. The molecule has 1 aromatic carbocycles. The Hall–Kier alpha value is -1.90. The van der Waals surface area contributed by atoms with E-state index in [9.17, 15) is 0 Å². The van der Waals surface area contributed by atoms with Gasteiger partial charge in [-0.2, -0.15) is 0 Å². The summed E-state index contributed by atoms with van der Waals surface area (Å²) in [6, 6.07) is 10.2. The molecule has 2 aromatic rings. The molecule has 29 heavy (non-hydrogen) atoms. The molecule has 0 saturated carbocycles. The summed E-state index contributed by atoms with van der Waals surface area (Å²) in [5, 5.41) is 0. The van der Waals surface area contributed by atoms with E-state index in [1.807, 2.05) is 30.5 Å². The zero-order valence-corrected chi connectivity index (χ0v) is 18.8. The normalized spacial score (nSPS) is 12.1. The maximum Gasteiger partial charge on any atom is 0.163 e. The van der Waals surface area contributed by atoms with Crippen LogP contribution >= 0.6 is 0 Å². The Balaban J connectivity index is 1.86. The maximum absolute atomic E-state index is 6.11. The number of unbranched alkanes of at least 4 members (excludes halogenated alkanes) is 6. The van der Waals surface area contributed by atoms with Crippen LogP contribution in [0.2, 0.25) is 0 Å². The minimum atomic E-state index is 0.759. The fourth-order valence-electron chi connectivity index (χ4n) is 3.51. The van der Waals surface area contributed by atoms with Gasteiger partial charge in [-0.1, -0.05) is 84.3 Å². The topological polar surface area (TPSA) is 35.0 Å². The van der Waals surface area contributed by atoms with E-state index < -0.39 is 0 Å². The van der Waals surface area contributed by atoms with Crippen molar-refractivity contribution in [3.63, 3.8) is 0 Å². The maximum atomic E-state index is 6.11. The Labute approximate surface area is 178 Å². The summed E-state index contributed by atoms with van der Waals surface area (Å²) in [6.07, 6.45) is 15.6. The van der Waals surface area contributed by atoms with Crippen molar-refractivity contribution < 1.29 is 4.74 Å². The van der Waals surface area contributed by atoms with E-state index in [2.05, 4.69) is 31.8 Å². The third-order valence-corrected chi connectivity index (χ3v) is 5.67. The second kappa shape index (κ2) is 14.1. The number of hydrogen-bond acceptors (Lipinski definition) is 3. The molecule has 0 N–H and O–H groups in total. The molecule has 0 radical (unpaired) electrons. The monoisotopic (exact) mass is 396 g/mol. The lowest BCUT2D eigenvalue weighted by atomic mass is 10.0. The van der Waals surface area contributed by atoms with Crippen molar-refractivity contribution in [2.24, 2.45) is 5.92 Å². The van der Waals surface area contributed by atoms with Gasteiger partial charge in [-0.25, -0.2) is 9.97 Å². The highest BCUT2D eigenvalue weighted by Crippen LogP contribution is 2.27. The molecular weight excluding hydrogens is 356 g/mol. The van der Waals surface area contributed by atoms with E-state index >= 15 is 0 Å². The van der Waals surface area contributed by atoms with Gasteiger partial charge in [0.05, 0.1) is 12.2 Å². The van der Waals surface area contributed by atoms with Gasteiger partial charge in [0.2, 0.25) is 0 Å². The van der Waals surface area contributed by atoms with Crippen LogP contribution in [0.4, 0.5) is 0 Å². The van der Waals surface area contributed by atoms with Crippen molar-refractivity contribution >= 4 is 0 Å². The van der Waals surface area contributed by atoms with E-state index in [0.717, 1.165) is 48.2 Å². The molecule has 0 bridgehead atoms. The van der Waals surface area contributed by atoms with Gasteiger partial charge in [0, 0.05) is 11.9 Å². The van der Waals surface area contributed by atoms with Crippen LogP contribution < -0.4 is 4.74 Å². The first-order valence-corrected chi connectivity index (χ1v) is 11.8. The highest BCUT2D eigenvalue weighted by Gasteiger charge is 2.09. The number of nitrogens with zero attached hydrogens (tertiary/aromatic N) is 2. The third-order valence-electron chi connectivity index (χ3n) is 5.67. The molecule has 0 aliphatic rings. The minimum absolute atomic E-state index is 0.759. The number of ether oxygens (including phenoxy) is 1. The molecule has 0 spiro atoms. The molecule has 0 saturated heterocycles. The molecule has 2 rings (SSSR count). The lowest BCUT2D eigenvalue weighted by Crippen LogP contribution is -2.01. The van der Waals surface area contributed by atoms with Gasteiger partial charge < -0.3 is 4.74 Å². The van der Waals surface area contributed by atoms with Gasteiger partial charge >= 0.3 is 0 Å². The second-order valence-corrected chi connectivity index (χ2v) is 8.24. The van der Waals surface area contributed by atoms with Crippen LogP contribution in [-0.4, -0.2) is 16.6 Å². The third kappa shape index (κ3) is 8.97. The molecule has 1 heterocycles. The summed E-state index contributed by atoms with van der Waals surface area (Å²) in [5.41, 5.74) is 2.13. The summed E-state index contributed by atoms with van der Waals surface area (Å²) in [5.74, 6) is 2.52. The molecule has 0 fully saturated rings. The van der Waals surface area contributed by atoms with E-state index in [1.165, 1.54) is 57.8 Å². The first kappa shape index (κ1) is 23.4. The second-order valence-electron chi connectivity index (χ2n) is 8.24. The molecule has 0 amide bonds. The molecule has 160 valence electrons. The largest absolute Gasteiger partial charge is 0.493 e. The van der Waals surface area contributed by atoms with Crippen LogP contribution in [0.15, 0.2) is 36.5 Å². The Morgan fingerprint density at radius 1 is 0.897 bits per heavy atom. The smallest absolute Gasteiger partial charge is 0.163 e. The first-order chi connectivity index (χ1) is 14.2. The molecule has 1 atom stereocenters. The Morgan fingerprint density at radius 3 is 2.52 bits per heavy atom. The molecule has 1 aromatic heterocycles. The number of rotatable bonds is 15. The van der Waals surface area contributed by atoms with Crippen molar-refractivity contribution in [1.29, 1.82) is 0 Å². The molecule has 3 heteroatoms. The predicted octanol–water partition coefficient (Wildman–Crippen LogP) is 7.64. The van der Waals surface area contributed by atoms with E-state index in [1.54, 1.807) is 0 Å². The fourth-order valence-corrected chi connectivity index (χ4v) is 3.51. The average molecular weight is 397 g/mol. The van der Waals surface area contributed by atoms with Crippen LogP contribution in [0.3, 0.4) is 0 Å². The number of benzene rings is 1. The lowest BCUT2D eigenvalue weighted by molar-refractivity contribution is 0.303. The van der Waals surface area contributed by atoms with Gasteiger partial charge in [0.1, 0.15) is 5.75 Å². The van der Waals surface area contributed by atoms with Gasteiger partial charge in [-0.3, -0.25) is 0 Å². The standard InChI is InChI=1S/C26H40N2O/c1-4-6-7-8-11-16-23-19-20-27-26(28-23)24-17-12-13-18-25(24)29-21-14-9-10-15-22(3)5-2/h12-13,17-20,22H,4-11,14-16,21H2,1-3H3. The summed E-state index contributed by atoms with van der Waals surface area (Å²) < 4.78 is 6.11. The molecule has 1 unspecified atom stereocenters. The minimum Gasteiger partial charge on any atom is -0.493 e. The van der Waals surface area contributed by atoms with E-state index in [0.29, 0.717) is 0 Å². The van der Waals surface area contributed by atoms with Crippen LogP contribution in [0.1, 0.15) is 90.7 Å². The van der Waals surface area contributed by atoms with Crippen molar-refractivity contribution in [2.75, 3.05) is 6.61 Å². The molecular formula is C26H40N2O. The molecule has 0 aliphatic heterocycles. The summed E-state index contributed by atoms with van der Waals surface area (Å²) >= 11 is 0. The van der Waals surface area contributed by atoms with Gasteiger partial charge in [-0.15, -0.1) is 0 Å². The first-order valence-electron chi connectivity index (χ1n) is 11.8. The SMILES string of the molecule is CCCCCCCc1ccnc(-c2ccccc2OCCCCCC(C)CC)n1. The fraction of sp³-hybridized carbons (Fsp3) is 0.615. The lowest BCUT2D eigenvalue weighted by Gasteiger charge is -2.12. The van der Waals surface area contributed by atoms with E-state index in [-0.39, 0.29) is 0 Å². The van der Waals surface area contributed by atoms with Crippen molar-refractivity contribution in [1.82, 2.24) is 9.97 Å². The van der Waals surface area contributed by atoms with Crippen LogP contribution in [0, 0.1) is 5.92 Å². The molecule has 0 aliphatic carbocycles. The highest BCUT2D eigenvalue weighted by atomic mass is 16.5. The zero-order chi connectivity index (χ0) is 20.7. The quantitative estimate of drug-likeness (QED) is 0.290.